The second kappa shape index (κ2) is 3.76. The summed E-state index contributed by atoms with van der Waals surface area (Å²) in [6.07, 6.45) is -4.45. The molecule has 2 rings (SSSR count). The number of hydrogen-bond donors (Lipinski definition) is 1. The summed E-state index contributed by atoms with van der Waals surface area (Å²) in [7, 11) is 1.22. The molecule has 4 nitrogen and oxygen atoms in total. The van der Waals surface area contributed by atoms with Crippen LogP contribution in [0.4, 0.5) is 13.2 Å². The Hall–Kier alpha value is -2.05. The lowest BCUT2D eigenvalue weighted by Gasteiger charge is -2.07. The molecule has 0 saturated carbocycles. The lowest BCUT2D eigenvalue weighted by Crippen LogP contribution is -2.12. The molecule has 2 aromatic rings. The van der Waals surface area contributed by atoms with Crippen molar-refractivity contribution in [2.45, 2.75) is 6.18 Å². The molecule has 1 N–H and O–H groups in total. The highest BCUT2D eigenvalue weighted by Gasteiger charge is 2.30. The topological polar surface area (TPSA) is 55.0 Å². The van der Waals surface area contributed by atoms with Crippen molar-refractivity contribution in [3.05, 3.63) is 34.1 Å². The van der Waals surface area contributed by atoms with Crippen LogP contribution in [0, 0.1) is 0 Å². The van der Waals surface area contributed by atoms with E-state index in [-0.39, 0.29) is 16.9 Å². The zero-order valence-electron chi connectivity index (χ0n) is 8.63. The van der Waals surface area contributed by atoms with Gasteiger partial charge in [0.05, 0.1) is 23.7 Å². The van der Waals surface area contributed by atoms with Crippen LogP contribution >= 0.6 is 0 Å². The van der Waals surface area contributed by atoms with Crippen LogP contribution in [0.25, 0.3) is 11.0 Å². The molecule has 0 radical (unpaired) electrons. The molecule has 1 heterocycles. The molecule has 0 aliphatic carbocycles. The van der Waals surface area contributed by atoms with Gasteiger partial charge in [0, 0.05) is 0 Å². The number of nitrogens with zero attached hydrogens (tertiary/aromatic N) is 1. The van der Waals surface area contributed by atoms with Crippen molar-refractivity contribution in [3.63, 3.8) is 0 Å². The van der Waals surface area contributed by atoms with Crippen LogP contribution in [0.3, 0.4) is 0 Å². The number of hydrogen-bond acceptors (Lipinski definition) is 3. The lowest BCUT2D eigenvalue weighted by atomic mass is 10.2. The third-order valence-electron chi connectivity index (χ3n) is 2.18. The molecular weight excluding hydrogens is 237 g/mol. The van der Waals surface area contributed by atoms with Crippen LogP contribution in [0.1, 0.15) is 5.56 Å². The minimum atomic E-state index is -4.45. The number of halogens is 3. The highest BCUT2D eigenvalue weighted by Crippen LogP contribution is 2.30. The lowest BCUT2D eigenvalue weighted by molar-refractivity contribution is -0.137. The molecular formula is C10H7F3N2O2. The molecule has 0 unspecified atom stereocenters. The molecule has 0 amide bonds. The van der Waals surface area contributed by atoms with Gasteiger partial charge in [0.2, 0.25) is 0 Å². The van der Waals surface area contributed by atoms with Crippen molar-refractivity contribution >= 4 is 11.0 Å². The Morgan fingerprint density at radius 3 is 2.65 bits per heavy atom. The minimum Gasteiger partial charge on any atom is -0.477 e. The van der Waals surface area contributed by atoms with Crippen molar-refractivity contribution < 1.29 is 17.9 Å². The van der Waals surface area contributed by atoms with Gasteiger partial charge in [-0.05, 0) is 18.2 Å². The standard InChI is InChI=1S/C10H7F3N2O2/c1-17-9-8(16)14-6-3-2-5(10(11,12)13)4-7(6)15-9/h2-4H,1H3,(H,14,16). The van der Waals surface area contributed by atoms with Gasteiger partial charge < -0.3 is 9.72 Å². The molecule has 1 aromatic heterocycles. The Balaban J connectivity index is 2.69. The zero-order chi connectivity index (χ0) is 12.6. The van der Waals surface area contributed by atoms with Gasteiger partial charge in [0.25, 0.3) is 5.88 Å². The van der Waals surface area contributed by atoms with Crippen LogP contribution in [0.15, 0.2) is 23.0 Å². The van der Waals surface area contributed by atoms with Crippen molar-refractivity contribution in [2.75, 3.05) is 7.11 Å². The van der Waals surface area contributed by atoms with Crippen LogP contribution in [-0.4, -0.2) is 17.1 Å². The number of benzene rings is 1. The molecule has 90 valence electrons. The predicted octanol–water partition coefficient (Wildman–Crippen LogP) is 1.95. The van der Waals surface area contributed by atoms with Gasteiger partial charge in [-0.25, -0.2) is 4.98 Å². The summed E-state index contributed by atoms with van der Waals surface area (Å²) in [5.74, 6) is -0.267. The van der Waals surface area contributed by atoms with Crippen molar-refractivity contribution in [2.24, 2.45) is 0 Å². The molecule has 0 spiro atoms. The summed E-state index contributed by atoms with van der Waals surface area (Å²) in [6.45, 7) is 0. The molecule has 0 atom stereocenters. The number of methoxy groups -OCH3 is 1. The molecule has 0 fully saturated rings. The number of H-pyrrole nitrogens is 1. The summed E-state index contributed by atoms with van der Waals surface area (Å²) >= 11 is 0. The second-order valence-corrected chi connectivity index (χ2v) is 3.30. The Kier molecular flexibility index (Phi) is 2.53. The third kappa shape index (κ3) is 2.08. The quantitative estimate of drug-likeness (QED) is 0.834. The average Bonchev–Trinajstić information content (AvgIpc) is 2.26. The summed E-state index contributed by atoms with van der Waals surface area (Å²) < 4.78 is 42.0. The smallest absolute Gasteiger partial charge is 0.416 e. The third-order valence-corrected chi connectivity index (χ3v) is 2.18. The van der Waals surface area contributed by atoms with Gasteiger partial charge >= 0.3 is 11.7 Å². The Labute approximate surface area is 93.1 Å². The number of aromatic nitrogens is 2. The fourth-order valence-electron chi connectivity index (χ4n) is 1.38. The Bertz CT molecular complexity index is 619. The first-order valence-corrected chi connectivity index (χ1v) is 4.57. The van der Waals surface area contributed by atoms with Crippen LogP contribution in [0.2, 0.25) is 0 Å². The van der Waals surface area contributed by atoms with E-state index < -0.39 is 17.3 Å². The van der Waals surface area contributed by atoms with E-state index in [0.717, 1.165) is 18.2 Å². The van der Waals surface area contributed by atoms with E-state index in [1.54, 1.807) is 0 Å². The first kappa shape index (κ1) is 11.4. The zero-order valence-corrected chi connectivity index (χ0v) is 8.63. The number of nitrogens with one attached hydrogen (secondary N) is 1. The fourth-order valence-corrected chi connectivity index (χ4v) is 1.38. The summed E-state index contributed by atoms with van der Waals surface area (Å²) in [6, 6.07) is 2.90. The van der Waals surface area contributed by atoms with Crippen LogP contribution < -0.4 is 10.3 Å². The summed E-state index contributed by atoms with van der Waals surface area (Å²) in [5, 5.41) is 0. The minimum absolute atomic E-state index is 0.0243. The van der Waals surface area contributed by atoms with E-state index in [1.807, 2.05) is 0 Å². The average molecular weight is 244 g/mol. The van der Waals surface area contributed by atoms with Crippen LogP contribution in [0.5, 0.6) is 5.88 Å². The SMILES string of the molecule is COc1nc2cc(C(F)(F)F)ccc2[nH]c1=O. The predicted molar refractivity (Wildman–Crippen MR) is 53.9 cm³/mol. The van der Waals surface area contributed by atoms with Gasteiger partial charge in [-0.3, -0.25) is 4.79 Å². The monoisotopic (exact) mass is 244 g/mol. The number of alkyl halides is 3. The van der Waals surface area contributed by atoms with Crippen molar-refractivity contribution in [1.82, 2.24) is 9.97 Å². The Morgan fingerprint density at radius 2 is 2.06 bits per heavy atom. The molecule has 7 heteroatoms. The number of ether oxygens (including phenoxy) is 1. The highest BCUT2D eigenvalue weighted by molar-refractivity contribution is 5.75. The molecule has 0 aliphatic heterocycles. The molecule has 0 bridgehead atoms. The maximum atomic E-state index is 12.4. The van der Waals surface area contributed by atoms with E-state index in [2.05, 4.69) is 14.7 Å². The summed E-state index contributed by atoms with van der Waals surface area (Å²) in [5.41, 5.74) is -1.16. The molecule has 0 aliphatic rings. The van der Waals surface area contributed by atoms with E-state index in [4.69, 9.17) is 0 Å². The maximum absolute atomic E-state index is 12.4. The number of rotatable bonds is 1. The first-order chi connectivity index (χ1) is 7.91. The van der Waals surface area contributed by atoms with Gasteiger partial charge in [-0.2, -0.15) is 13.2 Å². The van der Waals surface area contributed by atoms with E-state index in [0.29, 0.717) is 0 Å². The van der Waals surface area contributed by atoms with E-state index >= 15 is 0 Å². The second-order valence-electron chi connectivity index (χ2n) is 3.30. The van der Waals surface area contributed by atoms with E-state index in [1.165, 1.54) is 7.11 Å². The van der Waals surface area contributed by atoms with Crippen LogP contribution in [-0.2, 0) is 6.18 Å². The first-order valence-electron chi connectivity index (χ1n) is 4.57. The largest absolute Gasteiger partial charge is 0.477 e. The number of aromatic amines is 1. The van der Waals surface area contributed by atoms with Crippen molar-refractivity contribution in [3.8, 4) is 5.88 Å². The van der Waals surface area contributed by atoms with E-state index in [9.17, 15) is 18.0 Å². The molecule has 1 aromatic carbocycles. The molecule has 0 saturated heterocycles. The van der Waals surface area contributed by atoms with Gasteiger partial charge in [0.1, 0.15) is 0 Å². The fraction of sp³-hybridized carbons (Fsp3) is 0.200. The maximum Gasteiger partial charge on any atom is 0.416 e. The van der Waals surface area contributed by atoms with Gasteiger partial charge in [-0.1, -0.05) is 0 Å². The van der Waals surface area contributed by atoms with Crippen molar-refractivity contribution in [1.29, 1.82) is 0 Å². The highest BCUT2D eigenvalue weighted by atomic mass is 19.4. The van der Waals surface area contributed by atoms with Gasteiger partial charge in [-0.15, -0.1) is 0 Å². The molecule has 17 heavy (non-hydrogen) atoms. The van der Waals surface area contributed by atoms with Gasteiger partial charge in [0.15, 0.2) is 0 Å². The Morgan fingerprint density at radius 1 is 1.35 bits per heavy atom. The summed E-state index contributed by atoms with van der Waals surface area (Å²) in [4.78, 5) is 17.4. The normalized spacial score (nSPS) is 11.8. The number of fused-ring (bicyclic) bond motifs is 1.